The number of aromatic nitrogens is 2. The Bertz CT molecular complexity index is 472. The third kappa shape index (κ3) is 1.76. The lowest BCUT2D eigenvalue weighted by Crippen LogP contribution is -2.31. The summed E-state index contributed by atoms with van der Waals surface area (Å²) in [7, 11) is -3.38. The first-order valence-electron chi connectivity index (χ1n) is 5.60. The van der Waals surface area contributed by atoms with Crippen molar-refractivity contribution in [1.82, 2.24) is 14.7 Å². The Morgan fingerprint density at radius 2 is 2.25 bits per heavy atom. The Morgan fingerprint density at radius 3 is 2.75 bits per heavy atom. The van der Waals surface area contributed by atoms with E-state index in [1.807, 2.05) is 0 Å². The fraction of sp³-hybridized carbons (Fsp3) is 0.700. The number of nitrogens with one attached hydrogen (secondary N) is 2. The van der Waals surface area contributed by atoms with Crippen LogP contribution in [-0.4, -0.2) is 24.9 Å². The normalized spacial score (nSPS) is 23.2. The van der Waals surface area contributed by atoms with Gasteiger partial charge in [0, 0.05) is 6.54 Å². The molecule has 2 aliphatic rings. The van der Waals surface area contributed by atoms with Crippen molar-refractivity contribution in [3.8, 4) is 0 Å². The molecule has 0 spiro atoms. The molecule has 1 aromatic rings. The predicted molar refractivity (Wildman–Crippen MR) is 58.2 cm³/mol. The average molecular weight is 241 g/mol. The van der Waals surface area contributed by atoms with Gasteiger partial charge in [0.05, 0.1) is 12.5 Å². The van der Waals surface area contributed by atoms with Crippen LogP contribution in [0.2, 0.25) is 0 Å². The van der Waals surface area contributed by atoms with Crippen molar-refractivity contribution in [2.75, 3.05) is 6.54 Å². The molecule has 0 saturated heterocycles. The Kier molecular flexibility index (Phi) is 2.12. The fourth-order valence-corrected chi connectivity index (χ4v) is 3.33. The quantitative estimate of drug-likeness (QED) is 0.803. The highest BCUT2D eigenvalue weighted by molar-refractivity contribution is 7.89. The minimum absolute atomic E-state index is 0.152. The van der Waals surface area contributed by atoms with E-state index >= 15 is 0 Å². The monoisotopic (exact) mass is 241 g/mol. The Labute approximate surface area is 94.7 Å². The topological polar surface area (TPSA) is 74.8 Å². The molecule has 0 aliphatic heterocycles. The van der Waals surface area contributed by atoms with Gasteiger partial charge in [-0.3, -0.25) is 0 Å². The maximum atomic E-state index is 11.8. The van der Waals surface area contributed by atoms with Gasteiger partial charge in [0.2, 0.25) is 0 Å². The molecule has 88 valence electrons. The second kappa shape index (κ2) is 3.30. The SMILES string of the molecule is O=S(=O)(NCC1(C2CC2)CC1)c1cnc[nH]1. The van der Waals surface area contributed by atoms with E-state index in [9.17, 15) is 8.42 Å². The van der Waals surface area contributed by atoms with Gasteiger partial charge in [-0.2, -0.15) is 0 Å². The summed E-state index contributed by atoms with van der Waals surface area (Å²) in [6.45, 7) is 0.582. The molecule has 0 aromatic carbocycles. The van der Waals surface area contributed by atoms with Crippen LogP contribution in [-0.2, 0) is 10.0 Å². The van der Waals surface area contributed by atoms with Gasteiger partial charge in [-0.25, -0.2) is 18.1 Å². The van der Waals surface area contributed by atoms with E-state index in [4.69, 9.17) is 0 Å². The molecule has 0 amide bonds. The van der Waals surface area contributed by atoms with Gasteiger partial charge < -0.3 is 4.98 Å². The number of hydrogen-bond acceptors (Lipinski definition) is 3. The Morgan fingerprint density at radius 1 is 1.50 bits per heavy atom. The second-order valence-electron chi connectivity index (χ2n) is 4.88. The molecular formula is C10H15N3O2S. The van der Waals surface area contributed by atoms with Crippen LogP contribution in [0.1, 0.15) is 25.7 Å². The van der Waals surface area contributed by atoms with E-state index in [1.165, 1.54) is 38.2 Å². The first-order valence-corrected chi connectivity index (χ1v) is 7.09. The molecule has 5 nitrogen and oxygen atoms in total. The Hall–Kier alpha value is -0.880. The van der Waals surface area contributed by atoms with Crippen molar-refractivity contribution in [2.24, 2.45) is 11.3 Å². The number of hydrogen-bond donors (Lipinski definition) is 2. The summed E-state index contributed by atoms with van der Waals surface area (Å²) in [4.78, 5) is 6.34. The molecule has 1 heterocycles. The van der Waals surface area contributed by atoms with Crippen LogP contribution in [0.25, 0.3) is 0 Å². The zero-order valence-electron chi connectivity index (χ0n) is 8.94. The maximum Gasteiger partial charge on any atom is 0.257 e. The molecular weight excluding hydrogens is 226 g/mol. The van der Waals surface area contributed by atoms with Crippen molar-refractivity contribution in [1.29, 1.82) is 0 Å². The minimum atomic E-state index is -3.38. The summed E-state index contributed by atoms with van der Waals surface area (Å²) < 4.78 is 26.3. The van der Waals surface area contributed by atoms with E-state index < -0.39 is 10.0 Å². The van der Waals surface area contributed by atoms with E-state index in [0.29, 0.717) is 6.54 Å². The Balaban J connectivity index is 1.67. The van der Waals surface area contributed by atoms with Gasteiger partial charge in [0.15, 0.2) is 5.03 Å². The molecule has 0 unspecified atom stereocenters. The number of H-pyrrole nitrogens is 1. The maximum absolute atomic E-state index is 11.8. The smallest absolute Gasteiger partial charge is 0.257 e. The van der Waals surface area contributed by atoms with Gasteiger partial charge in [-0.1, -0.05) is 0 Å². The standard InChI is InChI=1S/C10H15N3O2S/c14-16(15,9-5-11-7-12-9)13-6-10(3-4-10)8-1-2-8/h5,7-8,13H,1-4,6H2,(H,11,12). The average Bonchev–Trinajstić information content (AvgIpc) is 3.14. The molecule has 1 aromatic heterocycles. The zero-order chi connectivity index (χ0) is 11.2. The molecule has 2 N–H and O–H groups in total. The predicted octanol–water partition coefficient (Wildman–Crippen LogP) is 0.878. The third-order valence-electron chi connectivity index (χ3n) is 3.71. The molecule has 0 radical (unpaired) electrons. The van der Waals surface area contributed by atoms with Crippen molar-refractivity contribution >= 4 is 10.0 Å². The highest BCUT2D eigenvalue weighted by Gasteiger charge is 2.53. The van der Waals surface area contributed by atoms with Crippen LogP contribution in [0.5, 0.6) is 0 Å². The lowest BCUT2D eigenvalue weighted by molar-refractivity contribution is 0.431. The van der Waals surface area contributed by atoms with Gasteiger partial charge in [0.25, 0.3) is 10.0 Å². The highest BCUT2D eigenvalue weighted by Crippen LogP contribution is 2.60. The van der Waals surface area contributed by atoms with E-state index in [-0.39, 0.29) is 10.4 Å². The summed E-state index contributed by atoms with van der Waals surface area (Å²) in [6.07, 6.45) is 7.59. The van der Waals surface area contributed by atoms with Gasteiger partial charge in [0.1, 0.15) is 0 Å². The van der Waals surface area contributed by atoms with Crippen molar-refractivity contribution in [3.63, 3.8) is 0 Å². The van der Waals surface area contributed by atoms with Crippen LogP contribution >= 0.6 is 0 Å². The molecule has 2 aliphatic carbocycles. The van der Waals surface area contributed by atoms with Crippen LogP contribution in [0.4, 0.5) is 0 Å². The highest BCUT2D eigenvalue weighted by atomic mass is 32.2. The van der Waals surface area contributed by atoms with Gasteiger partial charge in [-0.15, -0.1) is 0 Å². The number of sulfonamides is 1. The lowest BCUT2D eigenvalue weighted by atomic mass is 10.0. The largest absolute Gasteiger partial charge is 0.335 e. The molecule has 0 atom stereocenters. The molecule has 2 fully saturated rings. The van der Waals surface area contributed by atoms with E-state index in [2.05, 4.69) is 14.7 Å². The molecule has 6 heteroatoms. The number of rotatable bonds is 5. The van der Waals surface area contributed by atoms with Crippen molar-refractivity contribution in [2.45, 2.75) is 30.7 Å². The summed E-state index contributed by atoms with van der Waals surface area (Å²) in [5.41, 5.74) is 0.285. The molecule has 3 rings (SSSR count). The lowest BCUT2D eigenvalue weighted by Gasteiger charge is -2.14. The van der Waals surface area contributed by atoms with Gasteiger partial charge in [-0.05, 0) is 37.0 Å². The van der Waals surface area contributed by atoms with Crippen LogP contribution in [0.3, 0.4) is 0 Å². The number of nitrogens with zero attached hydrogens (tertiary/aromatic N) is 1. The first-order chi connectivity index (χ1) is 7.62. The third-order valence-corrected chi connectivity index (χ3v) is 5.04. The zero-order valence-corrected chi connectivity index (χ0v) is 9.76. The fourth-order valence-electron chi connectivity index (χ4n) is 2.29. The number of aromatic amines is 1. The van der Waals surface area contributed by atoms with Crippen molar-refractivity contribution < 1.29 is 8.42 Å². The summed E-state index contributed by atoms with van der Waals surface area (Å²) in [5, 5.41) is 0.152. The van der Waals surface area contributed by atoms with E-state index in [1.54, 1.807) is 0 Å². The number of imidazole rings is 1. The summed E-state index contributed by atoms with van der Waals surface area (Å²) >= 11 is 0. The van der Waals surface area contributed by atoms with Crippen LogP contribution in [0, 0.1) is 11.3 Å². The summed E-state index contributed by atoms with van der Waals surface area (Å²) in [6, 6.07) is 0. The second-order valence-corrected chi connectivity index (χ2v) is 6.61. The molecule has 0 bridgehead atoms. The van der Waals surface area contributed by atoms with Crippen molar-refractivity contribution in [3.05, 3.63) is 12.5 Å². The molecule has 16 heavy (non-hydrogen) atoms. The van der Waals surface area contributed by atoms with Crippen LogP contribution < -0.4 is 4.72 Å². The first kappa shape index (κ1) is 10.3. The van der Waals surface area contributed by atoms with Gasteiger partial charge >= 0.3 is 0 Å². The van der Waals surface area contributed by atoms with Crippen LogP contribution in [0.15, 0.2) is 17.6 Å². The summed E-state index contributed by atoms with van der Waals surface area (Å²) in [5.74, 6) is 0.761. The molecule has 2 saturated carbocycles. The van der Waals surface area contributed by atoms with E-state index in [0.717, 1.165) is 5.92 Å². The minimum Gasteiger partial charge on any atom is -0.335 e.